The summed E-state index contributed by atoms with van der Waals surface area (Å²) in [4.78, 5) is 37.1. The normalized spacial score (nSPS) is 18.6. The maximum atomic E-state index is 12.4. The molecule has 1 aliphatic rings. The molecule has 0 radical (unpaired) electrons. The molecule has 9 heteroatoms. The van der Waals surface area contributed by atoms with Crippen LogP contribution >= 0.6 is 23.7 Å². The molecule has 2 heterocycles. The molecule has 2 rings (SSSR count). The number of amides is 2. The van der Waals surface area contributed by atoms with E-state index in [1.807, 2.05) is 0 Å². The third-order valence-corrected chi connectivity index (χ3v) is 4.17. The van der Waals surface area contributed by atoms with Crippen LogP contribution in [0.5, 0.6) is 0 Å². The first-order chi connectivity index (χ1) is 9.95. The minimum Gasteiger partial charge on any atom is -0.465 e. The fourth-order valence-corrected chi connectivity index (χ4v) is 3.01. The Hall–Kier alpha value is -1.64. The minimum atomic E-state index is -0.667. The SMILES string of the molecule is COC(=O)c1ccsc1N1CCC(NC(=O)[C@@H](C)N)C1=O.Cl. The first-order valence-corrected chi connectivity index (χ1v) is 7.36. The molecule has 7 nitrogen and oxygen atoms in total. The second-order valence-corrected chi connectivity index (χ2v) is 5.65. The van der Waals surface area contributed by atoms with E-state index in [1.165, 1.54) is 23.3 Å². The molecular weight excluding hydrogens is 330 g/mol. The number of carbonyl (C=O) groups excluding carboxylic acids is 3. The third kappa shape index (κ3) is 3.57. The van der Waals surface area contributed by atoms with Gasteiger partial charge < -0.3 is 20.7 Å². The Bertz CT molecular complexity index is 575. The highest BCUT2D eigenvalue weighted by molar-refractivity contribution is 7.14. The van der Waals surface area contributed by atoms with Crippen LogP contribution in [0.2, 0.25) is 0 Å². The van der Waals surface area contributed by atoms with Gasteiger partial charge >= 0.3 is 5.97 Å². The van der Waals surface area contributed by atoms with Crippen molar-refractivity contribution in [3.8, 4) is 0 Å². The van der Waals surface area contributed by atoms with Crippen molar-refractivity contribution in [2.45, 2.75) is 25.4 Å². The lowest BCUT2D eigenvalue weighted by atomic mass is 10.2. The molecule has 2 amide bonds. The van der Waals surface area contributed by atoms with E-state index in [9.17, 15) is 14.4 Å². The van der Waals surface area contributed by atoms with Crippen molar-refractivity contribution >= 4 is 46.5 Å². The van der Waals surface area contributed by atoms with Crippen LogP contribution in [0.25, 0.3) is 0 Å². The van der Waals surface area contributed by atoms with E-state index in [1.54, 1.807) is 18.4 Å². The highest BCUT2D eigenvalue weighted by Gasteiger charge is 2.36. The van der Waals surface area contributed by atoms with Crippen LogP contribution < -0.4 is 16.0 Å². The van der Waals surface area contributed by atoms with Crippen LogP contribution in [0.15, 0.2) is 11.4 Å². The highest BCUT2D eigenvalue weighted by Crippen LogP contribution is 2.31. The Morgan fingerprint density at radius 3 is 2.82 bits per heavy atom. The van der Waals surface area contributed by atoms with Gasteiger partial charge in [-0.25, -0.2) is 4.79 Å². The Balaban J connectivity index is 0.00000242. The molecule has 3 N–H and O–H groups in total. The monoisotopic (exact) mass is 347 g/mol. The van der Waals surface area contributed by atoms with Gasteiger partial charge in [-0.2, -0.15) is 0 Å². The predicted molar refractivity (Wildman–Crippen MR) is 85.5 cm³/mol. The van der Waals surface area contributed by atoms with Gasteiger partial charge in [0.15, 0.2) is 0 Å². The van der Waals surface area contributed by atoms with Crippen molar-refractivity contribution in [3.63, 3.8) is 0 Å². The number of hydrogen-bond acceptors (Lipinski definition) is 6. The maximum Gasteiger partial charge on any atom is 0.340 e. The second-order valence-electron chi connectivity index (χ2n) is 4.76. The van der Waals surface area contributed by atoms with E-state index in [4.69, 9.17) is 10.5 Å². The third-order valence-electron chi connectivity index (χ3n) is 3.23. The molecule has 0 spiro atoms. The molecule has 1 aromatic rings. The van der Waals surface area contributed by atoms with Gasteiger partial charge in [0, 0.05) is 6.54 Å². The zero-order chi connectivity index (χ0) is 15.6. The van der Waals surface area contributed by atoms with Gasteiger partial charge in [0.1, 0.15) is 11.0 Å². The summed E-state index contributed by atoms with van der Waals surface area (Å²) in [5.74, 6) is -1.09. The molecule has 2 atom stereocenters. The fourth-order valence-electron chi connectivity index (χ4n) is 2.09. The lowest BCUT2D eigenvalue weighted by molar-refractivity contribution is -0.127. The smallest absolute Gasteiger partial charge is 0.340 e. The number of hydrogen-bond donors (Lipinski definition) is 2. The Morgan fingerprint density at radius 2 is 2.23 bits per heavy atom. The topological polar surface area (TPSA) is 102 Å². The number of nitrogens with two attached hydrogens (primary N) is 1. The van der Waals surface area contributed by atoms with Gasteiger partial charge in [-0.15, -0.1) is 23.7 Å². The first kappa shape index (κ1) is 18.4. The van der Waals surface area contributed by atoms with Gasteiger partial charge in [0.05, 0.1) is 18.7 Å². The molecule has 1 unspecified atom stereocenters. The molecule has 0 aliphatic carbocycles. The summed E-state index contributed by atoms with van der Waals surface area (Å²) in [6, 6.07) is 0.350. The lowest BCUT2D eigenvalue weighted by Gasteiger charge is -2.17. The average Bonchev–Trinajstić information content (AvgIpc) is 3.05. The number of carbonyl (C=O) groups is 3. The molecule has 1 saturated heterocycles. The van der Waals surface area contributed by atoms with Crippen molar-refractivity contribution in [3.05, 3.63) is 17.0 Å². The molecule has 122 valence electrons. The lowest BCUT2D eigenvalue weighted by Crippen LogP contribution is -2.47. The van der Waals surface area contributed by atoms with Crippen LogP contribution in [-0.4, -0.2) is 43.5 Å². The van der Waals surface area contributed by atoms with E-state index in [0.717, 1.165) is 0 Å². The summed E-state index contributed by atoms with van der Waals surface area (Å²) in [5, 5.41) is 4.89. The Kier molecular flexibility index (Phi) is 6.34. The number of nitrogens with zero attached hydrogens (tertiary/aromatic N) is 1. The number of methoxy groups -OCH3 is 1. The zero-order valence-corrected chi connectivity index (χ0v) is 13.8. The number of esters is 1. The number of halogens is 1. The summed E-state index contributed by atoms with van der Waals surface area (Å²) in [6.45, 7) is 1.99. The number of anilines is 1. The summed E-state index contributed by atoms with van der Waals surface area (Å²) >= 11 is 1.29. The predicted octanol–water partition coefficient (Wildman–Crippen LogP) is 0.525. The van der Waals surface area contributed by atoms with Gasteiger partial charge in [-0.3, -0.25) is 9.59 Å². The average molecular weight is 348 g/mol. The molecule has 1 aromatic heterocycles. The number of thiophene rings is 1. The quantitative estimate of drug-likeness (QED) is 0.773. The first-order valence-electron chi connectivity index (χ1n) is 6.48. The van der Waals surface area contributed by atoms with Crippen LogP contribution in [-0.2, 0) is 14.3 Å². The standard InChI is InChI=1S/C13H17N3O4S.ClH/c1-7(14)10(17)15-9-3-5-16(11(9)18)12-8(4-6-21-12)13(19)20-2;/h4,6-7,9H,3,5,14H2,1-2H3,(H,15,17);1H/t7-,9?;/m1./s1. The summed E-state index contributed by atoms with van der Waals surface area (Å²) in [5.41, 5.74) is 5.83. The fraction of sp³-hybridized carbons (Fsp3) is 0.462. The van der Waals surface area contributed by atoms with Crippen molar-refractivity contribution in [2.75, 3.05) is 18.6 Å². The molecule has 0 saturated carbocycles. The van der Waals surface area contributed by atoms with Crippen LogP contribution in [0.3, 0.4) is 0 Å². The van der Waals surface area contributed by atoms with E-state index < -0.39 is 18.1 Å². The van der Waals surface area contributed by atoms with E-state index in [-0.39, 0.29) is 24.2 Å². The van der Waals surface area contributed by atoms with Crippen molar-refractivity contribution in [1.82, 2.24) is 5.32 Å². The summed E-state index contributed by atoms with van der Waals surface area (Å²) in [6.07, 6.45) is 0.482. The van der Waals surface area contributed by atoms with Gasteiger partial charge in [0.2, 0.25) is 11.8 Å². The summed E-state index contributed by atoms with van der Waals surface area (Å²) in [7, 11) is 1.29. The Morgan fingerprint density at radius 1 is 1.55 bits per heavy atom. The van der Waals surface area contributed by atoms with E-state index in [0.29, 0.717) is 23.5 Å². The number of rotatable bonds is 4. The van der Waals surface area contributed by atoms with Crippen molar-refractivity contribution in [1.29, 1.82) is 0 Å². The van der Waals surface area contributed by atoms with Gasteiger partial charge in [0.25, 0.3) is 0 Å². The maximum absolute atomic E-state index is 12.4. The zero-order valence-electron chi connectivity index (χ0n) is 12.2. The number of nitrogens with one attached hydrogen (secondary N) is 1. The van der Waals surface area contributed by atoms with Crippen molar-refractivity contribution < 1.29 is 19.1 Å². The molecule has 22 heavy (non-hydrogen) atoms. The summed E-state index contributed by atoms with van der Waals surface area (Å²) < 4.78 is 4.70. The largest absolute Gasteiger partial charge is 0.465 e. The second kappa shape index (κ2) is 7.57. The van der Waals surface area contributed by atoms with E-state index in [2.05, 4.69) is 5.32 Å². The van der Waals surface area contributed by atoms with Crippen molar-refractivity contribution in [2.24, 2.45) is 5.73 Å². The van der Waals surface area contributed by atoms with E-state index >= 15 is 0 Å². The molecular formula is C13H18ClN3O4S. The minimum absolute atomic E-state index is 0. The van der Waals surface area contributed by atoms with Gasteiger partial charge in [-0.1, -0.05) is 0 Å². The highest BCUT2D eigenvalue weighted by atomic mass is 35.5. The number of ether oxygens (including phenoxy) is 1. The molecule has 1 fully saturated rings. The Labute approximate surface area is 138 Å². The van der Waals surface area contributed by atoms with Crippen LogP contribution in [0, 0.1) is 0 Å². The van der Waals surface area contributed by atoms with Crippen LogP contribution in [0.4, 0.5) is 5.00 Å². The molecule has 0 bridgehead atoms. The molecule has 1 aliphatic heterocycles. The molecule has 0 aromatic carbocycles. The van der Waals surface area contributed by atoms with Crippen LogP contribution in [0.1, 0.15) is 23.7 Å². The van der Waals surface area contributed by atoms with Gasteiger partial charge in [-0.05, 0) is 24.8 Å².